The number of para-hydroxylation sites is 3. The van der Waals surface area contributed by atoms with E-state index in [4.69, 9.17) is 9.97 Å². The Morgan fingerprint density at radius 2 is 1.63 bits per heavy atom. The Labute approximate surface area is 154 Å². The van der Waals surface area contributed by atoms with Gasteiger partial charge in [-0.05, 0) is 24.3 Å². The summed E-state index contributed by atoms with van der Waals surface area (Å²) >= 11 is 0. The molecule has 5 rings (SSSR count). The molecule has 6 heteroatoms. The molecule has 0 aliphatic heterocycles. The maximum absolute atomic E-state index is 13.1. The van der Waals surface area contributed by atoms with Gasteiger partial charge < -0.3 is 0 Å². The molecule has 0 unspecified atom stereocenters. The number of hydrogen-bond donors (Lipinski definition) is 0. The predicted molar refractivity (Wildman–Crippen MR) is 106 cm³/mol. The molecule has 0 fully saturated rings. The van der Waals surface area contributed by atoms with Crippen LogP contribution in [0.5, 0.6) is 0 Å². The molecule has 6 nitrogen and oxygen atoms in total. The summed E-state index contributed by atoms with van der Waals surface area (Å²) in [6.45, 7) is 4.10. The van der Waals surface area contributed by atoms with Crippen LogP contribution in [0.2, 0.25) is 0 Å². The first-order valence-electron chi connectivity index (χ1n) is 8.60. The van der Waals surface area contributed by atoms with Crippen molar-refractivity contribution < 1.29 is 0 Å². The van der Waals surface area contributed by atoms with Crippen LogP contribution in [-0.4, -0.2) is 24.1 Å². The van der Waals surface area contributed by atoms with Gasteiger partial charge in [0.15, 0.2) is 11.3 Å². The Hall–Kier alpha value is -3.80. The first-order chi connectivity index (χ1) is 13.3. The lowest BCUT2D eigenvalue weighted by Crippen LogP contribution is -2.20. The molecule has 0 amide bonds. The van der Waals surface area contributed by atoms with E-state index < -0.39 is 0 Å². The van der Waals surface area contributed by atoms with E-state index in [9.17, 15) is 4.79 Å². The highest BCUT2D eigenvalue weighted by Gasteiger charge is 2.20. The van der Waals surface area contributed by atoms with Crippen LogP contribution in [0.1, 0.15) is 0 Å². The van der Waals surface area contributed by atoms with Crippen LogP contribution in [0.4, 0.5) is 0 Å². The lowest BCUT2D eigenvalue weighted by Gasteiger charge is -2.06. The van der Waals surface area contributed by atoms with Crippen molar-refractivity contribution in [2.75, 3.05) is 0 Å². The second-order valence-electron chi connectivity index (χ2n) is 6.24. The predicted octanol–water partition coefficient (Wildman–Crippen LogP) is 3.47. The Balaban J connectivity index is 2.02. The molecule has 5 aromatic rings. The van der Waals surface area contributed by atoms with E-state index in [1.807, 2.05) is 59.2 Å². The minimum Gasteiger partial charge on any atom is -0.295 e. The number of allylic oxidation sites excluding steroid dienone is 1. The van der Waals surface area contributed by atoms with Crippen LogP contribution >= 0.6 is 0 Å². The molecule has 0 N–H and O–H groups in total. The molecule has 3 aromatic heterocycles. The van der Waals surface area contributed by atoms with Crippen LogP contribution in [0.25, 0.3) is 38.9 Å². The quantitative estimate of drug-likeness (QED) is 0.466. The molecule has 0 saturated heterocycles. The molecule has 0 saturated carbocycles. The highest BCUT2D eigenvalue weighted by atomic mass is 16.1. The van der Waals surface area contributed by atoms with E-state index in [1.165, 1.54) is 4.57 Å². The van der Waals surface area contributed by atoms with Gasteiger partial charge in [-0.2, -0.15) is 0 Å². The molecular formula is C21H15N5O. The Morgan fingerprint density at radius 1 is 0.926 bits per heavy atom. The maximum atomic E-state index is 13.1. The first kappa shape index (κ1) is 15.5. The van der Waals surface area contributed by atoms with Gasteiger partial charge >= 0.3 is 0 Å². The van der Waals surface area contributed by atoms with Gasteiger partial charge in [-0.15, -0.1) is 6.58 Å². The summed E-state index contributed by atoms with van der Waals surface area (Å²) in [5.74, 6) is 0. The Morgan fingerprint density at radius 3 is 2.37 bits per heavy atom. The van der Waals surface area contributed by atoms with Crippen molar-refractivity contribution in [1.82, 2.24) is 24.1 Å². The fourth-order valence-corrected chi connectivity index (χ4v) is 3.36. The average Bonchev–Trinajstić information content (AvgIpc) is 3.03. The number of aromatic nitrogens is 5. The fourth-order valence-electron chi connectivity index (χ4n) is 3.36. The third kappa shape index (κ3) is 2.27. The number of nitrogens with zero attached hydrogens (tertiary/aromatic N) is 5. The van der Waals surface area contributed by atoms with Crippen molar-refractivity contribution in [1.29, 1.82) is 0 Å². The molecular weight excluding hydrogens is 338 g/mol. The van der Waals surface area contributed by atoms with Gasteiger partial charge in [0.25, 0.3) is 5.56 Å². The van der Waals surface area contributed by atoms with Crippen molar-refractivity contribution >= 4 is 33.2 Å². The number of hydrogen-bond acceptors (Lipinski definition) is 4. The van der Waals surface area contributed by atoms with E-state index in [1.54, 1.807) is 12.4 Å². The summed E-state index contributed by atoms with van der Waals surface area (Å²) in [6.07, 6.45) is 3.22. The summed E-state index contributed by atoms with van der Waals surface area (Å²) in [7, 11) is 0. The first-order valence-corrected chi connectivity index (χ1v) is 8.60. The largest absolute Gasteiger partial charge is 0.295 e. The lowest BCUT2D eigenvalue weighted by atomic mass is 10.3. The van der Waals surface area contributed by atoms with E-state index in [2.05, 4.69) is 11.6 Å². The highest BCUT2D eigenvalue weighted by molar-refractivity contribution is 6.05. The molecule has 0 bridgehead atoms. The molecule has 130 valence electrons. The molecule has 2 aromatic carbocycles. The third-order valence-electron chi connectivity index (χ3n) is 4.57. The number of benzene rings is 2. The van der Waals surface area contributed by atoms with Crippen LogP contribution in [0.3, 0.4) is 0 Å². The van der Waals surface area contributed by atoms with Gasteiger partial charge in [-0.25, -0.2) is 15.0 Å². The Bertz CT molecular complexity index is 1380. The number of rotatable bonds is 3. The Kier molecular flexibility index (Phi) is 3.36. The summed E-state index contributed by atoms with van der Waals surface area (Å²) in [4.78, 5) is 27.2. The van der Waals surface area contributed by atoms with Crippen molar-refractivity contribution in [3.05, 3.63) is 83.9 Å². The van der Waals surface area contributed by atoms with Gasteiger partial charge in [0, 0.05) is 12.2 Å². The number of fused-ring (bicyclic) bond motifs is 4. The second kappa shape index (κ2) is 5.88. The molecule has 0 aliphatic rings. The van der Waals surface area contributed by atoms with E-state index in [0.29, 0.717) is 28.7 Å². The maximum Gasteiger partial charge on any atom is 0.265 e. The molecule has 0 atom stereocenters. The molecule has 27 heavy (non-hydrogen) atoms. The van der Waals surface area contributed by atoms with Gasteiger partial charge in [0.05, 0.1) is 11.0 Å². The van der Waals surface area contributed by atoms with Crippen molar-refractivity contribution in [3.8, 4) is 5.69 Å². The summed E-state index contributed by atoms with van der Waals surface area (Å²) in [5.41, 5.74) is 3.99. The van der Waals surface area contributed by atoms with Crippen LogP contribution in [0, 0.1) is 0 Å². The molecule has 3 heterocycles. The van der Waals surface area contributed by atoms with E-state index >= 15 is 0 Å². The topological polar surface area (TPSA) is 65.6 Å². The molecule has 0 aliphatic carbocycles. The van der Waals surface area contributed by atoms with Gasteiger partial charge in [0.1, 0.15) is 17.2 Å². The molecule has 0 spiro atoms. The zero-order chi connectivity index (χ0) is 18.4. The van der Waals surface area contributed by atoms with Crippen LogP contribution < -0.4 is 5.56 Å². The zero-order valence-corrected chi connectivity index (χ0v) is 14.4. The summed E-state index contributed by atoms with van der Waals surface area (Å²) < 4.78 is 3.42. The van der Waals surface area contributed by atoms with Crippen molar-refractivity contribution in [3.63, 3.8) is 0 Å². The lowest BCUT2D eigenvalue weighted by molar-refractivity contribution is 0.766. The highest BCUT2D eigenvalue weighted by Crippen LogP contribution is 2.27. The smallest absolute Gasteiger partial charge is 0.265 e. The van der Waals surface area contributed by atoms with Gasteiger partial charge in [-0.3, -0.25) is 13.9 Å². The second-order valence-corrected chi connectivity index (χ2v) is 6.24. The van der Waals surface area contributed by atoms with Crippen LogP contribution in [0.15, 0.2) is 78.4 Å². The zero-order valence-electron chi connectivity index (χ0n) is 14.4. The molecule has 0 radical (unpaired) electrons. The van der Waals surface area contributed by atoms with Crippen molar-refractivity contribution in [2.24, 2.45) is 0 Å². The monoisotopic (exact) mass is 353 g/mol. The SMILES string of the molecule is C=CCn1cnc2c(c1=O)c1nc3ccccc3nc1n2-c1ccccc1. The fraction of sp³-hybridized carbons (Fsp3) is 0.0476. The van der Waals surface area contributed by atoms with Gasteiger partial charge in [-0.1, -0.05) is 36.4 Å². The summed E-state index contributed by atoms with van der Waals surface area (Å²) in [6, 6.07) is 17.4. The minimum absolute atomic E-state index is 0.149. The van der Waals surface area contributed by atoms with E-state index in [-0.39, 0.29) is 5.56 Å². The van der Waals surface area contributed by atoms with E-state index in [0.717, 1.165) is 16.7 Å². The average molecular weight is 353 g/mol. The standard InChI is InChI=1S/C21H15N5O/c1-2-12-25-13-22-19-17(21(25)27)18-20(26(19)14-8-4-3-5-9-14)24-16-11-7-6-10-15(16)23-18/h2-11,13H,1,12H2. The summed E-state index contributed by atoms with van der Waals surface area (Å²) in [5, 5.41) is 0.469. The van der Waals surface area contributed by atoms with Gasteiger partial charge in [0.2, 0.25) is 0 Å². The minimum atomic E-state index is -0.149. The van der Waals surface area contributed by atoms with Crippen LogP contribution in [-0.2, 0) is 6.54 Å². The normalized spacial score (nSPS) is 11.4. The third-order valence-corrected chi connectivity index (χ3v) is 4.57. The van der Waals surface area contributed by atoms with Crippen molar-refractivity contribution in [2.45, 2.75) is 6.54 Å².